The van der Waals surface area contributed by atoms with E-state index in [0.29, 0.717) is 6.42 Å². The van der Waals surface area contributed by atoms with Crippen molar-refractivity contribution in [3.05, 3.63) is 57.6 Å². The Morgan fingerprint density at radius 3 is 2.95 bits per heavy atom. The quantitative estimate of drug-likeness (QED) is 0.714. The van der Waals surface area contributed by atoms with Gasteiger partial charge < -0.3 is 9.47 Å². The molecular formula is C17H16BrClO2. The third-order valence-corrected chi connectivity index (χ3v) is 4.55. The van der Waals surface area contributed by atoms with Gasteiger partial charge in [0.05, 0.1) is 19.1 Å². The zero-order valence-corrected chi connectivity index (χ0v) is 14.1. The molecule has 0 saturated heterocycles. The van der Waals surface area contributed by atoms with E-state index < -0.39 is 0 Å². The smallest absolute Gasteiger partial charge is 0.127 e. The Balaban J connectivity index is 1.91. The van der Waals surface area contributed by atoms with Crippen LogP contribution in [0, 0.1) is 0 Å². The van der Waals surface area contributed by atoms with Crippen LogP contribution in [-0.4, -0.2) is 13.7 Å². The average molecular weight is 368 g/mol. The van der Waals surface area contributed by atoms with E-state index in [1.54, 1.807) is 7.11 Å². The zero-order chi connectivity index (χ0) is 14.8. The van der Waals surface area contributed by atoms with Crippen LogP contribution >= 0.6 is 27.5 Å². The van der Waals surface area contributed by atoms with E-state index in [-0.39, 0.29) is 5.38 Å². The van der Waals surface area contributed by atoms with E-state index in [4.69, 9.17) is 21.1 Å². The lowest BCUT2D eigenvalue weighted by atomic mass is 10.00. The summed E-state index contributed by atoms with van der Waals surface area (Å²) in [4.78, 5) is 0. The summed E-state index contributed by atoms with van der Waals surface area (Å²) >= 11 is 10.2. The molecule has 0 N–H and O–H groups in total. The Morgan fingerprint density at radius 1 is 1.33 bits per heavy atom. The van der Waals surface area contributed by atoms with Crippen molar-refractivity contribution in [3.63, 3.8) is 0 Å². The van der Waals surface area contributed by atoms with Gasteiger partial charge in [-0.25, -0.2) is 0 Å². The molecule has 2 nitrogen and oxygen atoms in total. The van der Waals surface area contributed by atoms with Crippen molar-refractivity contribution >= 4 is 27.5 Å². The highest BCUT2D eigenvalue weighted by molar-refractivity contribution is 9.10. The number of rotatable bonds is 4. The Labute approximate surface area is 138 Å². The number of benzene rings is 2. The van der Waals surface area contributed by atoms with E-state index in [9.17, 15) is 0 Å². The first-order valence-electron chi connectivity index (χ1n) is 6.90. The molecule has 110 valence electrons. The van der Waals surface area contributed by atoms with Crippen molar-refractivity contribution in [1.29, 1.82) is 0 Å². The fourth-order valence-corrected chi connectivity index (χ4v) is 3.56. The SMILES string of the molecule is COc1ccccc1CC(Cl)c1cc(Br)cc2c1OCC2. The van der Waals surface area contributed by atoms with Gasteiger partial charge >= 0.3 is 0 Å². The Kier molecular flexibility index (Phi) is 4.41. The molecule has 3 rings (SSSR count). The Bertz CT molecular complexity index is 657. The minimum atomic E-state index is -0.148. The van der Waals surface area contributed by atoms with E-state index in [0.717, 1.165) is 40.1 Å². The summed E-state index contributed by atoms with van der Waals surface area (Å²) in [6.45, 7) is 0.733. The fraction of sp³-hybridized carbons (Fsp3) is 0.294. The number of hydrogen-bond acceptors (Lipinski definition) is 2. The molecule has 2 aromatic rings. The van der Waals surface area contributed by atoms with E-state index in [1.807, 2.05) is 24.3 Å². The van der Waals surface area contributed by atoms with Crippen molar-refractivity contribution in [3.8, 4) is 11.5 Å². The number of hydrogen-bond donors (Lipinski definition) is 0. The first kappa shape index (κ1) is 14.7. The third-order valence-electron chi connectivity index (χ3n) is 3.71. The highest BCUT2D eigenvalue weighted by atomic mass is 79.9. The van der Waals surface area contributed by atoms with Gasteiger partial charge in [-0.05, 0) is 35.7 Å². The maximum atomic E-state index is 6.67. The molecule has 0 fully saturated rings. The van der Waals surface area contributed by atoms with Crippen molar-refractivity contribution in [1.82, 2.24) is 0 Å². The van der Waals surface area contributed by atoms with Crippen molar-refractivity contribution in [2.24, 2.45) is 0 Å². The molecule has 0 radical (unpaired) electrons. The van der Waals surface area contributed by atoms with Gasteiger partial charge in [0.25, 0.3) is 0 Å². The van der Waals surface area contributed by atoms with Crippen LogP contribution in [-0.2, 0) is 12.8 Å². The summed E-state index contributed by atoms with van der Waals surface area (Å²) in [7, 11) is 1.68. The standard InChI is InChI=1S/C17H16BrClO2/c1-20-16-5-3-2-4-11(16)9-15(19)14-10-13(18)8-12-6-7-21-17(12)14/h2-5,8,10,15H,6-7,9H2,1H3. The Hall–Kier alpha value is -1.19. The molecule has 0 saturated carbocycles. The van der Waals surface area contributed by atoms with Crippen LogP contribution < -0.4 is 9.47 Å². The van der Waals surface area contributed by atoms with Crippen molar-refractivity contribution in [2.45, 2.75) is 18.2 Å². The van der Waals surface area contributed by atoms with Gasteiger partial charge in [0, 0.05) is 16.5 Å². The number of halogens is 2. The second-order valence-corrected chi connectivity index (χ2v) is 6.51. The summed E-state index contributed by atoms with van der Waals surface area (Å²) in [6, 6.07) is 12.1. The van der Waals surface area contributed by atoms with E-state index in [2.05, 4.69) is 28.1 Å². The number of ether oxygens (including phenoxy) is 2. The van der Waals surface area contributed by atoms with Crippen LogP contribution in [0.25, 0.3) is 0 Å². The van der Waals surface area contributed by atoms with Crippen LogP contribution in [0.2, 0.25) is 0 Å². The first-order valence-corrected chi connectivity index (χ1v) is 8.13. The second kappa shape index (κ2) is 6.29. The van der Waals surface area contributed by atoms with Crippen LogP contribution in [0.4, 0.5) is 0 Å². The predicted molar refractivity (Wildman–Crippen MR) is 88.6 cm³/mol. The van der Waals surface area contributed by atoms with Crippen LogP contribution in [0.15, 0.2) is 40.9 Å². The molecule has 1 heterocycles. The lowest BCUT2D eigenvalue weighted by Crippen LogP contribution is -2.01. The highest BCUT2D eigenvalue weighted by Crippen LogP contribution is 2.40. The summed E-state index contributed by atoms with van der Waals surface area (Å²) in [5.41, 5.74) is 3.38. The normalized spacial score (nSPS) is 14.4. The van der Waals surface area contributed by atoms with Gasteiger partial charge in [0.2, 0.25) is 0 Å². The summed E-state index contributed by atoms with van der Waals surface area (Å²) in [6.07, 6.45) is 1.65. The molecule has 2 aromatic carbocycles. The lowest BCUT2D eigenvalue weighted by molar-refractivity contribution is 0.353. The molecule has 0 spiro atoms. The van der Waals surface area contributed by atoms with Crippen LogP contribution in [0.3, 0.4) is 0 Å². The molecule has 1 unspecified atom stereocenters. The lowest BCUT2D eigenvalue weighted by Gasteiger charge is -2.16. The van der Waals surface area contributed by atoms with Gasteiger partial charge in [0.15, 0.2) is 0 Å². The highest BCUT2D eigenvalue weighted by Gasteiger charge is 2.23. The molecular weight excluding hydrogens is 352 g/mol. The molecule has 1 atom stereocenters. The number of methoxy groups -OCH3 is 1. The fourth-order valence-electron chi connectivity index (χ4n) is 2.71. The molecule has 0 amide bonds. The minimum Gasteiger partial charge on any atom is -0.496 e. The van der Waals surface area contributed by atoms with Gasteiger partial charge in [-0.1, -0.05) is 34.1 Å². The topological polar surface area (TPSA) is 18.5 Å². The second-order valence-electron chi connectivity index (χ2n) is 5.07. The summed E-state index contributed by atoms with van der Waals surface area (Å²) < 4.78 is 12.2. The maximum Gasteiger partial charge on any atom is 0.127 e. The van der Waals surface area contributed by atoms with Crippen LogP contribution in [0.5, 0.6) is 11.5 Å². The number of fused-ring (bicyclic) bond motifs is 1. The number of para-hydroxylation sites is 1. The maximum absolute atomic E-state index is 6.67. The predicted octanol–water partition coefficient (Wildman–Crippen LogP) is 4.92. The van der Waals surface area contributed by atoms with E-state index >= 15 is 0 Å². The van der Waals surface area contributed by atoms with Crippen molar-refractivity contribution < 1.29 is 9.47 Å². The largest absolute Gasteiger partial charge is 0.496 e. The molecule has 0 aromatic heterocycles. The minimum absolute atomic E-state index is 0.148. The van der Waals surface area contributed by atoms with Crippen molar-refractivity contribution in [2.75, 3.05) is 13.7 Å². The molecule has 0 bridgehead atoms. The zero-order valence-electron chi connectivity index (χ0n) is 11.7. The van der Waals surface area contributed by atoms with Gasteiger partial charge in [-0.3, -0.25) is 0 Å². The van der Waals surface area contributed by atoms with Gasteiger partial charge in [0.1, 0.15) is 11.5 Å². The van der Waals surface area contributed by atoms with E-state index in [1.165, 1.54) is 5.56 Å². The summed E-state index contributed by atoms with van der Waals surface area (Å²) in [5.74, 6) is 1.82. The summed E-state index contributed by atoms with van der Waals surface area (Å²) in [5, 5.41) is -0.148. The average Bonchev–Trinajstić information content (AvgIpc) is 2.94. The molecule has 4 heteroatoms. The molecule has 1 aliphatic heterocycles. The first-order chi connectivity index (χ1) is 10.2. The molecule has 1 aliphatic rings. The molecule has 21 heavy (non-hydrogen) atoms. The van der Waals surface area contributed by atoms with Crippen LogP contribution in [0.1, 0.15) is 22.1 Å². The van der Waals surface area contributed by atoms with Gasteiger partial charge in [-0.2, -0.15) is 0 Å². The third kappa shape index (κ3) is 3.04. The van der Waals surface area contributed by atoms with Gasteiger partial charge in [-0.15, -0.1) is 11.6 Å². The molecule has 0 aliphatic carbocycles. The monoisotopic (exact) mass is 366 g/mol. The Morgan fingerprint density at radius 2 is 2.14 bits per heavy atom. The number of alkyl halides is 1.